The van der Waals surface area contributed by atoms with E-state index in [1.165, 1.54) is 18.5 Å². The Labute approximate surface area is 99.6 Å². The third kappa shape index (κ3) is 2.83. The number of carbonyl (C=O) groups is 2. The van der Waals surface area contributed by atoms with Crippen LogP contribution in [0.25, 0.3) is 0 Å². The van der Waals surface area contributed by atoms with Gasteiger partial charge in [-0.1, -0.05) is 6.92 Å². The third-order valence-electron chi connectivity index (χ3n) is 2.49. The van der Waals surface area contributed by atoms with Gasteiger partial charge in [-0.05, 0) is 26.3 Å². The van der Waals surface area contributed by atoms with Crippen molar-refractivity contribution in [1.82, 2.24) is 15.1 Å². The molecule has 1 amide bonds. The summed E-state index contributed by atoms with van der Waals surface area (Å²) in [4.78, 5) is 22.8. The minimum Gasteiger partial charge on any atom is -0.480 e. The van der Waals surface area contributed by atoms with Crippen LogP contribution in [0.5, 0.6) is 0 Å². The van der Waals surface area contributed by atoms with Crippen molar-refractivity contribution in [2.24, 2.45) is 7.05 Å². The van der Waals surface area contributed by atoms with Gasteiger partial charge in [0.2, 0.25) is 0 Å². The zero-order valence-corrected chi connectivity index (χ0v) is 10.4. The lowest BCUT2D eigenvalue weighted by molar-refractivity contribution is -0.143. The second kappa shape index (κ2) is 4.57. The topological polar surface area (TPSA) is 84.2 Å². The fourth-order valence-electron chi connectivity index (χ4n) is 1.31. The summed E-state index contributed by atoms with van der Waals surface area (Å²) in [7, 11) is 1.65. The number of carboxylic acids is 1. The van der Waals surface area contributed by atoms with Crippen molar-refractivity contribution in [3.8, 4) is 0 Å². The minimum absolute atomic E-state index is 0.358. The van der Waals surface area contributed by atoms with Crippen LogP contribution in [-0.2, 0) is 18.3 Å². The summed E-state index contributed by atoms with van der Waals surface area (Å²) in [5.74, 6) is -1.52. The predicted molar refractivity (Wildman–Crippen MR) is 61.8 cm³/mol. The second-order valence-corrected chi connectivity index (χ2v) is 4.38. The summed E-state index contributed by atoms with van der Waals surface area (Å²) in [5, 5.41) is 15.5. The monoisotopic (exact) mass is 239 g/mol. The Kier molecular flexibility index (Phi) is 3.55. The SMILES string of the molecule is CCc1cc(C(=O)NC(C)(C)C(=O)O)n(C)n1. The largest absolute Gasteiger partial charge is 0.480 e. The summed E-state index contributed by atoms with van der Waals surface area (Å²) < 4.78 is 1.45. The molecule has 1 heterocycles. The van der Waals surface area contributed by atoms with Gasteiger partial charge in [-0.15, -0.1) is 0 Å². The normalized spacial score (nSPS) is 11.3. The summed E-state index contributed by atoms with van der Waals surface area (Å²) in [6.07, 6.45) is 0.726. The molecule has 0 aliphatic carbocycles. The smallest absolute Gasteiger partial charge is 0.328 e. The van der Waals surface area contributed by atoms with Crippen molar-refractivity contribution in [3.05, 3.63) is 17.5 Å². The van der Waals surface area contributed by atoms with Gasteiger partial charge in [-0.3, -0.25) is 9.48 Å². The lowest BCUT2D eigenvalue weighted by Crippen LogP contribution is -2.50. The molecule has 0 aromatic carbocycles. The molecule has 1 aromatic rings. The van der Waals surface area contributed by atoms with E-state index in [2.05, 4.69) is 10.4 Å². The number of nitrogens with zero attached hydrogens (tertiary/aromatic N) is 2. The highest BCUT2D eigenvalue weighted by atomic mass is 16.4. The molecular weight excluding hydrogens is 222 g/mol. The van der Waals surface area contributed by atoms with Gasteiger partial charge < -0.3 is 10.4 Å². The van der Waals surface area contributed by atoms with Gasteiger partial charge in [-0.2, -0.15) is 5.10 Å². The molecule has 94 valence electrons. The van der Waals surface area contributed by atoms with E-state index in [-0.39, 0.29) is 0 Å². The van der Waals surface area contributed by atoms with Gasteiger partial charge in [0.15, 0.2) is 0 Å². The van der Waals surface area contributed by atoms with Crippen LogP contribution in [0.4, 0.5) is 0 Å². The van der Waals surface area contributed by atoms with Crippen LogP contribution in [-0.4, -0.2) is 32.3 Å². The maximum atomic E-state index is 11.9. The summed E-state index contributed by atoms with van der Waals surface area (Å²) >= 11 is 0. The molecular formula is C11H17N3O3. The molecule has 0 aliphatic rings. The molecule has 0 saturated carbocycles. The lowest BCUT2D eigenvalue weighted by atomic mass is 10.1. The van der Waals surface area contributed by atoms with Gasteiger partial charge in [0.05, 0.1) is 5.69 Å². The fraction of sp³-hybridized carbons (Fsp3) is 0.545. The van der Waals surface area contributed by atoms with Gasteiger partial charge in [0.25, 0.3) is 5.91 Å². The van der Waals surface area contributed by atoms with Crippen LogP contribution < -0.4 is 5.32 Å². The molecule has 6 nitrogen and oxygen atoms in total. The first kappa shape index (κ1) is 13.2. The number of carboxylic acid groups (broad SMARTS) is 1. The van der Waals surface area contributed by atoms with Crippen molar-refractivity contribution >= 4 is 11.9 Å². The number of hydrogen-bond donors (Lipinski definition) is 2. The molecule has 0 radical (unpaired) electrons. The van der Waals surface area contributed by atoms with E-state index in [0.717, 1.165) is 12.1 Å². The first-order valence-corrected chi connectivity index (χ1v) is 5.36. The fourth-order valence-corrected chi connectivity index (χ4v) is 1.31. The molecule has 1 rings (SSSR count). The molecule has 0 saturated heterocycles. The predicted octanol–water partition coefficient (Wildman–Crippen LogP) is 0.575. The van der Waals surface area contributed by atoms with Crippen molar-refractivity contribution in [1.29, 1.82) is 0 Å². The Balaban J connectivity index is 2.90. The molecule has 0 aliphatic heterocycles. The Morgan fingerprint density at radius 2 is 2.12 bits per heavy atom. The number of aliphatic carboxylic acids is 1. The molecule has 0 fully saturated rings. The van der Waals surface area contributed by atoms with Crippen molar-refractivity contribution in [2.75, 3.05) is 0 Å². The minimum atomic E-state index is -1.30. The van der Waals surface area contributed by atoms with E-state index < -0.39 is 17.4 Å². The first-order chi connectivity index (χ1) is 7.77. The standard InChI is InChI=1S/C11H17N3O3/c1-5-7-6-8(14(4)13-7)9(15)12-11(2,3)10(16)17/h6H,5H2,1-4H3,(H,12,15)(H,16,17). The number of hydrogen-bond acceptors (Lipinski definition) is 3. The maximum absolute atomic E-state index is 11.9. The number of aryl methyl sites for hydroxylation is 2. The van der Waals surface area contributed by atoms with Crippen molar-refractivity contribution < 1.29 is 14.7 Å². The van der Waals surface area contributed by atoms with Crippen LogP contribution in [0.3, 0.4) is 0 Å². The number of amides is 1. The Bertz CT molecular complexity index is 449. The van der Waals surface area contributed by atoms with E-state index >= 15 is 0 Å². The number of carbonyl (C=O) groups excluding carboxylic acids is 1. The summed E-state index contributed by atoms with van der Waals surface area (Å²) in [6.45, 7) is 4.81. The highest BCUT2D eigenvalue weighted by molar-refractivity contribution is 5.96. The average Bonchev–Trinajstić information content (AvgIpc) is 2.58. The zero-order chi connectivity index (χ0) is 13.2. The Morgan fingerprint density at radius 3 is 2.53 bits per heavy atom. The molecule has 0 atom stereocenters. The van der Waals surface area contributed by atoms with E-state index in [1.54, 1.807) is 13.1 Å². The summed E-state index contributed by atoms with van der Waals surface area (Å²) in [5.41, 5.74) is -0.143. The van der Waals surface area contributed by atoms with Gasteiger partial charge in [0.1, 0.15) is 11.2 Å². The average molecular weight is 239 g/mol. The molecule has 0 spiro atoms. The van der Waals surface area contributed by atoms with Crippen LogP contribution in [0.1, 0.15) is 37.0 Å². The van der Waals surface area contributed by atoms with E-state index in [0.29, 0.717) is 5.69 Å². The molecule has 1 aromatic heterocycles. The second-order valence-electron chi connectivity index (χ2n) is 4.38. The zero-order valence-electron chi connectivity index (χ0n) is 10.4. The summed E-state index contributed by atoms with van der Waals surface area (Å²) in [6, 6.07) is 1.66. The van der Waals surface area contributed by atoms with Gasteiger partial charge in [-0.25, -0.2) is 4.79 Å². The molecule has 2 N–H and O–H groups in total. The van der Waals surface area contributed by atoms with E-state index in [4.69, 9.17) is 5.11 Å². The molecule has 17 heavy (non-hydrogen) atoms. The Morgan fingerprint density at radius 1 is 1.53 bits per heavy atom. The highest BCUT2D eigenvalue weighted by Crippen LogP contribution is 2.08. The first-order valence-electron chi connectivity index (χ1n) is 5.36. The molecule has 0 bridgehead atoms. The van der Waals surface area contributed by atoms with Gasteiger partial charge >= 0.3 is 5.97 Å². The van der Waals surface area contributed by atoms with Crippen LogP contribution >= 0.6 is 0 Å². The molecule has 6 heteroatoms. The van der Waals surface area contributed by atoms with Crippen LogP contribution in [0.15, 0.2) is 6.07 Å². The highest BCUT2D eigenvalue weighted by Gasteiger charge is 2.30. The Hall–Kier alpha value is -1.85. The maximum Gasteiger partial charge on any atom is 0.328 e. The van der Waals surface area contributed by atoms with Crippen LogP contribution in [0, 0.1) is 0 Å². The van der Waals surface area contributed by atoms with E-state index in [9.17, 15) is 9.59 Å². The van der Waals surface area contributed by atoms with Gasteiger partial charge in [0, 0.05) is 7.05 Å². The molecule has 0 unspecified atom stereocenters. The number of nitrogens with one attached hydrogen (secondary N) is 1. The van der Waals surface area contributed by atoms with E-state index in [1.807, 2.05) is 6.92 Å². The lowest BCUT2D eigenvalue weighted by Gasteiger charge is -2.20. The van der Waals surface area contributed by atoms with Crippen molar-refractivity contribution in [2.45, 2.75) is 32.7 Å². The third-order valence-corrected chi connectivity index (χ3v) is 2.49. The quantitative estimate of drug-likeness (QED) is 0.804. The van der Waals surface area contributed by atoms with Crippen LogP contribution in [0.2, 0.25) is 0 Å². The number of aromatic nitrogens is 2. The van der Waals surface area contributed by atoms with Crippen molar-refractivity contribution in [3.63, 3.8) is 0 Å². The number of rotatable bonds is 4.